The van der Waals surface area contributed by atoms with E-state index in [9.17, 15) is 0 Å². The molecule has 1 aromatic heterocycles. The molecule has 1 aliphatic carbocycles. The van der Waals surface area contributed by atoms with E-state index in [1.165, 1.54) is 83.8 Å². The van der Waals surface area contributed by atoms with Gasteiger partial charge >= 0.3 is 0 Å². The zero-order chi connectivity index (χ0) is 38.5. The number of benzene rings is 7. The number of hydrogen-bond donors (Lipinski definition) is 0. The normalized spacial score (nSPS) is 16.4. The summed E-state index contributed by atoms with van der Waals surface area (Å²) in [6, 6.07) is 53.3. The third-order valence-corrected chi connectivity index (χ3v) is 13.5. The summed E-state index contributed by atoms with van der Waals surface area (Å²) < 4.78 is 5.04. The van der Waals surface area contributed by atoms with Crippen LogP contribution in [-0.2, 0) is 10.8 Å². The molecular formula is C52H42N4S. The molecule has 3 heterocycles. The highest BCUT2D eigenvalue weighted by molar-refractivity contribution is 7.09. The van der Waals surface area contributed by atoms with Crippen molar-refractivity contribution >= 4 is 61.5 Å². The lowest BCUT2D eigenvalue weighted by Crippen LogP contribution is -2.35. The summed E-state index contributed by atoms with van der Waals surface area (Å²) in [7, 11) is 0. The van der Waals surface area contributed by atoms with E-state index in [1.807, 2.05) is 0 Å². The lowest BCUT2D eigenvalue weighted by molar-refractivity contribution is 0.571. The zero-order valence-corrected chi connectivity index (χ0v) is 33.4. The lowest BCUT2D eigenvalue weighted by Gasteiger charge is -2.44. The Balaban J connectivity index is 1.04. The molecule has 0 N–H and O–H groups in total. The number of allylic oxidation sites excluding steroid dienone is 3. The average Bonchev–Trinajstić information content (AvgIpc) is 3.75. The SMILES string of the molecule is CC1(C)C2=C(C=CCC2)N(c2cccc3ccccc23)c2cc(-c3nc(-c4ccc5c(c4)N(c4cccc6ccccc46)c4ccccc4C5(C)C)ns3)ccc21. The van der Waals surface area contributed by atoms with Crippen molar-refractivity contribution in [2.75, 3.05) is 9.80 Å². The van der Waals surface area contributed by atoms with Gasteiger partial charge in [0, 0.05) is 38.4 Å². The first kappa shape index (κ1) is 34.0. The summed E-state index contributed by atoms with van der Waals surface area (Å²) in [5.74, 6) is 0.747. The summed E-state index contributed by atoms with van der Waals surface area (Å²) in [6.45, 7) is 9.46. The fourth-order valence-electron chi connectivity index (χ4n) is 9.80. The Morgan fingerprint density at radius 1 is 0.526 bits per heavy atom. The van der Waals surface area contributed by atoms with Crippen LogP contribution in [0.5, 0.6) is 0 Å². The number of anilines is 5. The van der Waals surface area contributed by atoms with Crippen molar-refractivity contribution in [1.29, 1.82) is 0 Å². The Bertz CT molecular complexity index is 2990. The second-order valence-electron chi connectivity index (χ2n) is 16.6. The minimum atomic E-state index is -0.193. The molecule has 8 aromatic rings. The van der Waals surface area contributed by atoms with Gasteiger partial charge < -0.3 is 9.80 Å². The molecule has 5 heteroatoms. The molecule has 57 heavy (non-hydrogen) atoms. The van der Waals surface area contributed by atoms with Gasteiger partial charge in [-0.25, -0.2) is 4.98 Å². The molecule has 0 radical (unpaired) electrons. The molecule has 2 aliphatic heterocycles. The van der Waals surface area contributed by atoms with E-state index in [-0.39, 0.29) is 10.8 Å². The highest BCUT2D eigenvalue weighted by atomic mass is 32.1. The molecule has 4 nitrogen and oxygen atoms in total. The Labute approximate surface area is 338 Å². The molecule has 0 amide bonds. The van der Waals surface area contributed by atoms with E-state index >= 15 is 0 Å². The van der Waals surface area contributed by atoms with E-state index < -0.39 is 0 Å². The highest BCUT2D eigenvalue weighted by Crippen LogP contribution is 2.55. The van der Waals surface area contributed by atoms with Crippen LogP contribution in [0, 0.1) is 0 Å². The van der Waals surface area contributed by atoms with E-state index in [0.717, 1.165) is 40.5 Å². The Kier molecular flexibility index (Phi) is 7.52. The molecule has 11 rings (SSSR count). The van der Waals surface area contributed by atoms with Gasteiger partial charge in [-0.3, -0.25) is 0 Å². The molecule has 3 aliphatic rings. The Hall–Kier alpha value is -6.30. The van der Waals surface area contributed by atoms with Gasteiger partial charge in [-0.05, 0) is 93.8 Å². The first-order valence-electron chi connectivity index (χ1n) is 20.0. The van der Waals surface area contributed by atoms with Gasteiger partial charge in [-0.2, -0.15) is 4.37 Å². The molecule has 7 aromatic carbocycles. The van der Waals surface area contributed by atoms with Gasteiger partial charge in [0.05, 0.1) is 28.4 Å². The number of hydrogen-bond acceptors (Lipinski definition) is 5. The van der Waals surface area contributed by atoms with Gasteiger partial charge in [0.2, 0.25) is 0 Å². The first-order valence-corrected chi connectivity index (χ1v) is 20.8. The van der Waals surface area contributed by atoms with Crippen molar-refractivity contribution in [3.8, 4) is 22.0 Å². The van der Waals surface area contributed by atoms with Gasteiger partial charge in [0.1, 0.15) is 5.01 Å². The average molecular weight is 755 g/mol. The maximum Gasteiger partial charge on any atom is 0.173 e. The van der Waals surface area contributed by atoms with Crippen molar-refractivity contribution in [2.45, 2.75) is 51.4 Å². The van der Waals surface area contributed by atoms with Gasteiger partial charge in [-0.1, -0.05) is 149 Å². The van der Waals surface area contributed by atoms with E-state index in [4.69, 9.17) is 9.36 Å². The Morgan fingerprint density at radius 2 is 1.09 bits per heavy atom. The highest BCUT2D eigenvalue weighted by Gasteiger charge is 2.40. The van der Waals surface area contributed by atoms with E-state index in [2.05, 4.69) is 195 Å². The summed E-state index contributed by atoms with van der Waals surface area (Å²) in [5, 5.41) is 5.84. The van der Waals surface area contributed by atoms with Gasteiger partial charge in [0.25, 0.3) is 0 Å². The number of aromatic nitrogens is 2. The number of nitrogens with zero attached hydrogens (tertiary/aromatic N) is 4. The summed E-state index contributed by atoms with van der Waals surface area (Å²) >= 11 is 1.48. The van der Waals surface area contributed by atoms with Crippen LogP contribution in [0.4, 0.5) is 28.4 Å². The second kappa shape index (κ2) is 12.6. The zero-order valence-electron chi connectivity index (χ0n) is 32.6. The summed E-state index contributed by atoms with van der Waals surface area (Å²) in [5.41, 5.74) is 14.4. The largest absolute Gasteiger partial charge is 0.310 e. The quantitative estimate of drug-likeness (QED) is 0.179. The van der Waals surface area contributed by atoms with E-state index in [1.54, 1.807) is 0 Å². The van der Waals surface area contributed by atoms with Crippen molar-refractivity contribution in [2.24, 2.45) is 0 Å². The second-order valence-corrected chi connectivity index (χ2v) is 17.4. The summed E-state index contributed by atoms with van der Waals surface area (Å²) in [6.07, 6.45) is 6.80. The number of para-hydroxylation sites is 1. The molecule has 0 bridgehead atoms. The number of fused-ring (bicyclic) bond motifs is 5. The van der Waals surface area contributed by atoms with Crippen molar-refractivity contribution in [1.82, 2.24) is 9.36 Å². The molecule has 0 unspecified atom stereocenters. The predicted octanol–water partition coefficient (Wildman–Crippen LogP) is 14.3. The van der Waals surface area contributed by atoms with Crippen LogP contribution >= 0.6 is 11.5 Å². The minimum absolute atomic E-state index is 0.104. The molecular weight excluding hydrogens is 713 g/mol. The number of rotatable bonds is 4. The van der Waals surface area contributed by atoms with Crippen LogP contribution in [0.25, 0.3) is 43.5 Å². The maximum absolute atomic E-state index is 5.29. The van der Waals surface area contributed by atoms with Gasteiger partial charge in [0.15, 0.2) is 5.82 Å². The van der Waals surface area contributed by atoms with Crippen LogP contribution < -0.4 is 9.80 Å². The van der Waals surface area contributed by atoms with Crippen LogP contribution in [0.3, 0.4) is 0 Å². The monoisotopic (exact) mass is 754 g/mol. The first-order chi connectivity index (χ1) is 27.8. The fourth-order valence-corrected chi connectivity index (χ4v) is 10.5. The molecule has 0 atom stereocenters. The fraction of sp³-hybridized carbons (Fsp3) is 0.154. The van der Waals surface area contributed by atoms with Gasteiger partial charge in [-0.15, -0.1) is 0 Å². The maximum atomic E-state index is 5.29. The molecule has 0 saturated carbocycles. The predicted molar refractivity (Wildman–Crippen MR) is 240 cm³/mol. The standard InChI is InChI=1S/C52H42N4S/c1-51(2)39-21-9-11-23-45(39)55(43-25-13-17-33-15-5-7-19-37(33)43)47-31-35(27-29-41(47)51)49-53-50(57-54-49)36-28-30-42-48(32-36)56(46-24-12-10-22-40(46)52(42,3)4)44-26-14-18-34-16-6-8-20-38(34)44/h5-9,11-21,23-32H,10,22H2,1-4H3. The van der Waals surface area contributed by atoms with Crippen molar-refractivity contribution < 1.29 is 0 Å². The third-order valence-electron chi connectivity index (χ3n) is 12.7. The third kappa shape index (κ3) is 5.11. The van der Waals surface area contributed by atoms with Crippen LogP contribution in [0.15, 0.2) is 169 Å². The van der Waals surface area contributed by atoms with E-state index in [0.29, 0.717) is 0 Å². The van der Waals surface area contributed by atoms with Crippen LogP contribution in [0.2, 0.25) is 0 Å². The summed E-state index contributed by atoms with van der Waals surface area (Å²) in [4.78, 5) is 10.2. The smallest absolute Gasteiger partial charge is 0.173 e. The van der Waals surface area contributed by atoms with Crippen molar-refractivity contribution in [3.63, 3.8) is 0 Å². The van der Waals surface area contributed by atoms with Crippen LogP contribution in [-0.4, -0.2) is 9.36 Å². The molecule has 276 valence electrons. The molecule has 0 spiro atoms. The molecule has 0 fully saturated rings. The lowest BCUT2D eigenvalue weighted by atomic mass is 9.70. The minimum Gasteiger partial charge on any atom is -0.310 e. The van der Waals surface area contributed by atoms with Crippen LogP contribution in [0.1, 0.15) is 57.2 Å². The van der Waals surface area contributed by atoms with Crippen molar-refractivity contribution in [3.05, 3.63) is 186 Å². The topological polar surface area (TPSA) is 32.3 Å². The Morgan fingerprint density at radius 3 is 1.84 bits per heavy atom. The molecule has 0 saturated heterocycles.